The van der Waals surface area contributed by atoms with Crippen molar-refractivity contribution < 1.29 is 4.79 Å². The van der Waals surface area contributed by atoms with Gasteiger partial charge in [-0.3, -0.25) is 4.79 Å². The van der Waals surface area contributed by atoms with Crippen molar-refractivity contribution in [2.24, 2.45) is 5.92 Å². The second-order valence-electron chi connectivity index (χ2n) is 3.37. The Labute approximate surface area is 95.7 Å². The molecule has 0 radical (unpaired) electrons. The number of hydrogen-bond donors (Lipinski definition) is 2. The first-order valence-corrected chi connectivity index (χ1v) is 4.87. The minimum absolute atomic E-state index is 0. The Balaban J connectivity index is 0.00000169. The quantitative estimate of drug-likeness (QED) is 0.733. The predicted molar refractivity (Wildman–Crippen MR) is 60.8 cm³/mol. The van der Waals surface area contributed by atoms with Crippen LogP contribution in [0.25, 0.3) is 0 Å². The Morgan fingerprint density at radius 2 is 2.07 bits per heavy atom. The zero-order valence-corrected chi connectivity index (χ0v) is 9.59. The van der Waals surface area contributed by atoms with Gasteiger partial charge in [-0.2, -0.15) is 0 Å². The summed E-state index contributed by atoms with van der Waals surface area (Å²) >= 11 is 5.49. The van der Waals surface area contributed by atoms with E-state index >= 15 is 0 Å². The third kappa shape index (κ3) is 7.18. The predicted octanol–water partition coefficient (Wildman–Crippen LogP) is 1.28. The van der Waals surface area contributed by atoms with Crippen molar-refractivity contribution in [1.82, 2.24) is 10.6 Å². The number of amides is 1. The van der Waals surface area contributed by atoms with E-state index in [-0.39, 0.29) is 18.3 Å². The number of hydrogen-bond acceptors (Lipinski definition) is 2. The number of nitrogens with one attached hydrogen (secondary N) is 2. The van der Waals surface area contributed by atoms with Gasteiger partial charge in [0.25, 0.3) is 0 Å². The van der Waals surface area contributed by atoms with Crippen LogP contribution in [0.2, 0.25) is 0 Å². The monoisotopic (exact) mass is 238 g/mol. The van der Waals surface area contributed by atoms with Gasteiger partial charge in [0.2, 0.25) is 5.91 Å². The van der Waals surface area contributed by atoms with Gasteiger partial charge in [0.1, 0.15) is 0 Å². The van der Waals surface area contributed by atoms with Crippen molar-refractivity contribution in [3.8, 4) is 0 Å². The van der Waals surface area contributed by atoms with Crippen LogP contribution >= 0.6 is 24.0 Å². The van der Waals surface area contributed by atoms with Crippen LogP contribution in [0.15, 0.2) is 11.6 Å². The second-order valence-corrected chi connectivity index (χ2v) is 3.90. The van der Waals surface area contributed by atoms with Crippen LogP contribution in [0, 0.1) is 5.92 Å². The lowest BCUT2D eigenvalue weighted by molar-refractivity contribution is -0.120. The Kier molecular flexibility index (Phi) is 6.97. The Bertz CT molecular complexity index is 205. The topological polar surface area (TPSA) is 41.1 Å². The van der Waals surface area contributed by atoms with E-state index in [9.17, 15) is 4.79 Å². The fourth-order valence-corrected chi connectivity index (χ4v) is 1.04. The lowest BCUT2D eigenvalue weighted by Gasteiger charge is -2.04. The average Bonchev–Trinajstić information content (AvgIpc) is 2.84. The second kappa shape index (κ2) is 7.10. The van der Waals surface area contributed by atoms with Crippen LogP contribution in [0.5, 0.6) is 0 Å². The first-order chi connectivity index (χ1) is 6.18. The summed E-state index contributed by atoms with van der Waals surface area (Å²) in [6.45, 7) is 5.16. The zero-order chi connectivity index (χ0) is 9.68. The van der Waals surface area contributed by atoms with Gasteiger partial charge in [0, 0.05) is 5.03 Å². The number of carbonyl (C=O) groups is 1. The third-order valence-electron chi connectivity index (χ3n) is 1.89. The molecule has 1 fully saturated rings. The maximum Gasteiger partial charge on any atom is 0.234 e. The summed E-state index contributed by atoms with van der Waals surface area (Å²) in [4.78, 5) is 11.1. The number of halogens is 2. The average molecular weight is 239 g/mol. The molecule has 14 heavy (non-hydrogen) atoms. The summed E-state index contributed by atoms with van der Waals surface area (Å²) in [5, 5.41) is 6.18. The minimum Gasteiger partial charge on any atom is -0.350 e. The Hall–Kier alpha value is -0.250. The van der Waals surface area contributed by atoms with Crippen molar-refractivity contribution >= 4 is 29.9 Å². The highest BCUT2D eigenvalue weighted by molar-refractivity contribution is 6.29. The van der Waals surface area contributed by atoms with E-state index in [1.807, 2.05) is 0 Å². The van der Waals surface area contributed by atoms with Crippen molar-refractivity contribution in [3.05, 3.63) is 11.6 Å². The minimum atomic E-state index is -0.0255. The van der Waals surface area contributed by atoms with Crippen LogP contribution in [-0.4, -0.2) is 25.5 Å². The maximum absolute atomic E-state index is 11.1. The molecule has 0 aromatic heterocycles. The van der Waals surface area contributed by atoms with Crippen LogP contribution in [0.1, 0.15) is 12.8 Å². The highest BCUT2D eigenvalue weighted by atomic mass is 35.5. The highest BCUT2D eigenvalue weighted by Crippen LogP contribution is 2.27. The summed E-state index contributed by atoms with van der Waals surface area (Å²) in [5.74, 6) is 0.776. The molecule has 82 valence electrons. The molecule has 1 rings (SSSR count). The lowest BCUT2D eigenvalue weighted by atomic mass is 10.4. The molecule has 0 unspecified atom stereocenters. The van der Waals surface area contributed by atoms with Gasteiger partial charge in [-0.05, 0) is 25.3 Å². The number of rotatable bonds is 6. The molecule has 0 aromatic rings. The molecule has 0 bridgehead atoms. The van der Waals surface area contributed by atoms with Crippen LogP contribution in [0.4, 0.5) is 0 Å². The number of carbonyl (C=O) groups excluding carboxylic acids is 1. The molecule has 3 nitrogen and oxygen atoms in total. The van der Waals surface area contributed by atoms with Gasteiger partial charge >= 0.3 is 0 Å². The van der Waals surface area contributed by atoms with E-state index in [2.05, 4.69) is 17.2 Å². The molecule has 0 atom stereocenters. The van der Waals surface area contributed by atoms with Crippen LogP contribution < -0.4 is 10.6 Å². The summed E-state index contributed by atoms with van der Waals surface area (Å²) in [7, 11) is 0. The first kappa shape index (κ1) is 13.8. The molecule has 0 saturated heterocycles. The molecule has 0 spiro atoms. The Morgan fingerprint density at radius 1 is 1.43 bits per heavy atom. The molecular formula is C9H16Cl2N2O. The third-order valence-corrected chi connectivity index (χ3v) is 2.03. The molecule has 1 aliphatic rings. The largest absolute Gasteiger partial charge is 0.350 e. The fraction of sp³-hybridized carbons (Fsp3) is 0.667. The summed E-state index contributed by atoms with van der Waals surface area (Å²) in [6, 6.07) is 0. The molecule has 1 saturated carbocycles. The van der Waals surface area contributed by atoms with Gasteiger partial charge in [-0.25, -0.2) is 0 Å². The van der Waals surface area contributed by atoms with E-state index < -0.39 is 0 Å². The molecule has 0 aromatic carbocycles. The molecule has 0 heterocycles. The SMILES string of the molecule is C=C(Cl)CNC(=O)CNCC1CC1.Cl. The van der Waals surface area contributed by atoms with Crippen molar-refractivity contribution in [1.29, 1.82) is 0 Å². The van der Waals surface area contributed by atoms with Gasteiger partial charge in [-0.15, -0.1) is 12.4 Å². The van der Waals surface area contributed by atoms with Crippen molar-refractivity contribution in [2.45, 2.75) is 12.8 Å². The maximum atomic E-state index is 11.1. The van der Waals surface area contributed by atoms with Crippen LogP contribution in [-0.2, 0) is 4.79 Å². The van der Waals surface area contributed by atoms with E-state index in [1.165, 1.54) is 12.8 Å². The van der Waals surface area contributed by atoms with E-state index in [4.69, 9.17) is 11.6 Å². The van der Waals surface area contributed by atoms with Gasteiger partial charge in [0.15, 0.2) is 0 Å². The highest BCUT2D eigenvalue weighted by Gasteiger charge is 2.20. The lowest BCUT2D eigenvalue weighted by Crippen LogP contribution is -2.35. The normalized spacial score (nSPS) is 14.4. The smallest absolute Gasteiger partial charge is 0.234 e. The standard InChI is InChI=1S/C9H15ClN2O.ClH/c1-7(10)4-12-9(13)6-11-5-8-2-3-8;/h8,11H,1-6H2,(H,12,13);1H. The molecule has 1 amide bonds. The Morgan fingerprint density at radius 3 is 2.57 bits per heavy atom. The fourth-order valence-electron chi connectivity index (χ4n) is 0.969. The van der Waals surface area contributed by atoms with E-state index in [1.54, 1.807) is 0 Å². The van der Waals surface area contributed by atoms with Crippen LogP contribution in [0.3, 0.4) is 0 Å². The molecule has 2 N–H and O–H groups in total. The molecule has 1 aliphatic carbocycles. The van der Waals surface area contributed by atoms with E-state index in [0.717, 1.165) is 12.5 Å². The van der Waals surface area contributed by atoms with Crippen molar-refractivity contribution in [2.75, 3.05) is 19.6 Å². The van der Waals surface area contributed by atoms with Gasteiger partial charge in [0.05, 0.1) is 13.1 Å². The van der Waals surface area contributed by atoms with Crippen molar-refractivity contribution in [3.63, 3.8) is 0 Å². The molecule has 0 aliphatic heterocycles. The first-order valence-electron chi connectivity index (χ1n) is 4.49. The molecular weight excluding hydrogens is 223 g/mol. The van der Waals surface area contributed by atoms with Gasteiger partial charge < -0.3 is 10.6 Å². The summed E-state index contributed by atoms with van der Waals surface area (Å²) in [6.07, 6.45) is 2.60. The summed E-state index contributed by atoms with van der Waals surface area (Å²) < 4.78 is 0. The van der Waals surface area contributed by atoms with E-state index in [0.29, 0.717) is 18.1 Å². The summed E-state index contributed by atoms with van der Waals surface area (Å²) in [5.41, 5.74) is 0. The van der Waals surface area contributed by atoms with Gasteiger partial charge in [-0.1, -0.05) is 18.2 Å². The molecule has 5 heteroatoms. The zero-order valence-electron chi connectivity index (χ0n) is 8.01.